The van der Waals surface area contributed by atoms with Gasteiger partial charge in [0, 0.05) is 44.2 Å². The Morgan fingerprint density at radius 2 is 1.87 bits per heavy atom. The van der Waals surface area contributed by atoms with Crippen LogP contribution in [0.4, 0.5) is 21.6 Å². The van der Waals surface area contributed by atoms with Gasteiger partial charge in [-0.05, 0) is 23.8 Å². The Bertz CT molecular complexity index is 1080. The summed E-state index contributed by atoms with van der Waals surface area (Å²) in [6.45, 7) is 2.41. The molecule has 154 valence electrons. The van der Waals surface area contributed by atoms with Gasteiger partial charge in [-0.3, -0.25) is 14.9 Å². The fraction of sp³-hybridized carbons (Fsp3) is 0.250. The number of anilines is 2. The van der Waals surface area contributed by atoms with E-state index in [-0.39, 0.29) is 11.5 Å². The largest absolute Gasteiger partial charge is 0.365 e. The molecule has 0 spiro atoms. The smallest absolute Gasteiger partial charge is 0.293 e. The number of rotatable bonds is 6. The summed E-state index contributed by atoms with van der Waals surface area (Å²) in [6.07, 6.45) is 2.19. The molecule has 0 radical (unpaired) electrons. The summed E-state index contributed by atoms with van der Waals surface area (Å²) in [6, 6.07) is 9.22. The van der Waals surface area contributed by atoms with E-state index in [0.29, 0.717) is 55.1 Å². The number of nitro groups is 1. The summed E-state index contributed by atoms with van der Waals surface area (Å²) in [5, 5.41) is 15.4. The van der Waals surface area contributed by atoms with E-state index in [9.17, 15) is 19.3 Å². The van der Waals surface area contributed by atoms with Gasteiger partial charge in [-0.25, -0.2) is 14.4 Å². The average Bonchev–Trinajstić information content (AvgIpc) is 2.77. The maximum absolute atomic E-state index is 13.1. The first-order chi connectivity index (χ1) is 14.5. The van der Waals surface area contributed by atoms with Crippen LogP contribution < -0.4 is 10.2 Å². The molecule has 0 atom stereocenters. The number of aromatic nitrogens is 2. The maximum atomic E-state index is 13.1. The zero-order valence-corrected chi connectivity index (χ0v) is 16.0. The highest BCUT2D eigenvalue weighted by Crippen LogP contribution is 2.35. The number of hydrogen-bond acceptors (Lipinski definition) is 7. The monoisotopic (exact) mass is 410 g/mol. The summed E-state index contributed by atoms with van der Waals surface area (Å²) in [7, 11) is 0. The lowest BCUT2D eigenvalue weighted by Crippen LogP contribution is -2.45. The van der Waals surface area contributed by atoms with Crippen LogP contribution in [0.5, 0.6) is 0 Å². The standard InChI is InChI=1S/C20H19FN6O3/c21-15-3-1-14(2-4-15)11-22-20-16-9-19(27(29)30)18(10-17(16)23-12-24-20)26-7-5-25(13-28)6-8-26/h1-4,9-10,12-13H,5-8,11H2,(H,22,23,24). The summed E-state index contributed by atoms with van der Waals surface area (Å²) >= 11 is 0. The van der Waals surface area contributed by atoms with Crippen molar-refractivity contribution in [1.82, 2.24) is 14.9 Å². The van der Waals surface area contributed by atoms with Gasteiger partial charge in [0.05, 0.1) is 10.4 Å². The second-order valence-corrected chi connectivity index (χ2v) is 6.95. The number of nitrogens with zero attached hydrogens (tertiary/aromatic N) is 5. The lowest BCUT2D eigenvalue weighted by atomic mass is 10.1. The zero-order valence-electron chi connectivity index (χ0n) is 16.0. The van der Waals surface area contributed by atoms with Gasteiger partial charge in [0.2, 0.25) is 6.41 Å². The van der Waals surface area contributed by atoms with Crippen LogP contribution in [0.1, 0.15) is 5.56 Å². The second kappa shape index (κ2) is 8.27. The third-order valence-electron chi connectivity index (χ3n) is 5.11. The first kappa shape index (κ1) is 19.5. The molecule has 1 fully saturated rings. The Hall–Kier alpha value is -3.82. The van der Waals surface area contributed by atoms with Gasteiger partial charge in [0.25, 0.3) is 5.69 Å². The van der Waals surface area contributed by atoms with Crippen molar-refractivity contribution >= 4 is 34.5 Å². The minimum absolute atomic E-state index is 0.0401. The van der Waals surface area contributed by atoms with Crippen molar-refractivity contribution < 1.29 is 14.1 Å². The predicted octanol–water partition coefficient (Wildman–Crippen LogP) is 2.57. The topological polar surface area (TPSA) is 104 Å². The molecule has 1 aliphatic heterocycles. The van der Waals surface area contributed by atoms with E-state index in [2.05, 4.69) is 15.3 Å². The number of carbonyl (C=O) groups excluding carboxylic acids is 1. The zero-order chi connectivity index (χ0) is 21.1. The summed E-state index contributed by atoms with van der Waals surface area (Å²) < 4.78 is 13.1. The van der Waals surface area contributed by atoms with E-state index in [4.69, 9.17) is 0 Å². The third kappa shape index (κ3) is 3.97. The van der Waals surface area contributed by atoms with Crippen LogP contribution in [0.25, 0.3) is 10.9 Å². The van der Waals surface area contributed by atoms with E-state index < -0.39 is 4.92 Å². The van der Waals surface area contributed by atoms with Crippen molar-refractivity contribution in [3.8, 4) is 0 Å². The Kier molecular flexibility index (Phi) is 5.38. The predicted molar refractivity (Wildman–Crippen MR) is 110 cm³/mol. The van der Waals surface area contributed by atoms with E-state index in [0.717, 1.165) is 12.0 Å². The van der Waals surface area contributed by atoms with Crippen molar-refractivity contribution in [3.63, 3.8) is 0 Å². The normalized spacial score (nSPS) is 14.0. The van der Waals surface area contributed by atoms with Gasteiger partial charge in [-0.15, -0.1) is 0 Å². The highest BCUT2D eigenvalue weighted by molar-refractivity contribution is 5.94. The van der Waals surface area contributed by atoms with Gasteiger partial charge in [-0.1, -0.05) is 12.1 Å². The molecule has 1 N–H and O–H groups in total. The third-order valence-corrected chi connectivity index (χ3v) is 5.11. The molecular weight excluding hydrogens is 391 g/mol. The van der Waals surface area contributed by atoms with Crippen LogP contribution in [0, 0.1) is 15.9 Å². The Morgan fingerprint density at radius 1 is 1.13 bits per heavy atom. The van der Waals surface area contributed by atoms with Gasteiger partial charge in [0.15, 0.2) is 0 Å². The number of nitro benzene ring substituents is 1. The van der Waals surface area contributed by atoms with Crippen molar-refractivity contribution in [2.24, 2.45) is 0 Å². The van der Waals surface area contributed by atoms with Gasteiger partial charge >= 0.3 is 0 Å². The summed E-state index contributed by atoms with van der Waals surface area (Å²) in [4.78, 5) is 34.3. The van der Waals surface area contributed by atoms with Gasteiger partial charge < -0.3 is 15.1 Å². The van der Waals surface area contributed by atoms with Crippen LogP contribution >= 0.6 is 0 Å². The quantitative estimate of drug-likeness (QED) is 0.378. The number of carbonyl (C=O) groups is 1. The van der Waals surface area contributed by atoms with Crippen molar-refractivity contribution in [2.45, 2.75) is 6.54 Å². The molecule has 0 saturated carbocycles. The molecule has 0 unspecified atom stereocenters. The van der Waals surface area contributed by atoms with Crippen LogP contribution in [0.15, 0.2) is 42.7 Å². The lowest BCUT2D eigenvalue weighted by Gasteiger charge is -2.33. The minimum atomic E-state index is -0.419. The molecule has 1 saturated heterocycles. The van der Waals surface area contributed by atoms with Gasteiger partial charge in [-0.2, -0.15) is 0 Å². The summed E-state index contributed by atoms with van der Waals surface area (Å²) in [5.74, 6) is 0.146. The van der Waals surface area contributed by atoms with E-state index in [1.807, 2.05) is 4.90 Å². The molecule has 2 aromatic carbocycles. The fourth-order valence-electron chi connectivity index (χ4n) is 3.48. The van der Waals surface area contributed by atoms with E-state index in [1.54, 1.807) is 23.1 Å². The van der Waals surface area contributed by atoms with Crippen LogP contribution in [0.3, 0.4) is 0 Å². The number of piperazine rings is 1. The Balaban J connectivity index is 1.65. The van der Waals surface area contributed by atoms with Crippen molar-refractivity contribution in [1.29, 1.82) is 0 Å². The summed E-state index contributed by atoms with van der Waals surface area (Å²) in [5.41, 5.74) is 1.86. The molecular formula is C20H19FN6O3. The lowest BCUT2D eigenvalue weighted by molar-refractivity contribution is -0.384. The molecule has 0 bridgehead atoms. The molecule has 1 amide bonds. The first-order valence-electron chi connectivity index (χ1n) is 9.41. The molecule has 10 heteroatoms. The highest BCUT2D eigenvalue weighted by atomic mass is 19.1. The van der Waals surface area contributed by atoms with Gasteiger partial charge in [0.1, 0.15) is 23.6 Å². The number of nitrogens with one attached hydrogen (secondary N) is 1. The van der Waals surface area contributed by atoms with Crippen LogP contribution in [-0.4, -0.2) is 52.4 Å². The Morgan fingerprint density at radius 3 is 2.53 bits per heavy atom. The maximum Gasteiger partial charge on any atom is 0.293 e. The first-order valence-corrected chi connectivity index (χ1v) is 9.41. The number of fused-ring (bicyclic) bond motifs is 1. The molecule has 2 heterocycles. The second-order valence-electron chi connectivity index (χ2n) is 6.95. The van der Waals surface area contributed by atoms with Crippen LogP contribution in [0.2, 0.25) is 0 Å². The average molecular weight is 410 g/mol. The molecule has 30 heavy (non-hydrogen) atoms. The number of halogens is 1. The molecule has 0 aliphatic carbocycles. The van der Waals surface area contributed by atoms with E-state index in [1.165, 1.54) is 24.5 Å². The molecule has 3 aromatic rings. The molecule has 4 rings (SSSR count). The molecule has 1 aliphatic rings. The molecule has 9 nitrogen and oxygen atoms in total. The number of amides is 1. The van der Waals surface area contributed by atoms with Crippen molar-refractivity contribution in [2.75, 3.05) is 36.4 Å². The number of hydrogen-bond donors (Lipinski definition) is 1. The van der Waals surface area contributed by atoms with E-state index >= 15 is 0 Å². The SMILES string of the molecule is O=CN1CCN(c2cc3ncnc(NCc4ccc(F)cc4)c3cc2[N+](=O)[O-])CC1. The number of benzene rings is 2. The molecule has 1 aromatic heterocycles. The highest BCUT2D eigenvalue weighted by Gasteiger charge is 2.25. The minimum Gasteiger partial charge on any atom is -0.365 e. The Labute approximate surface area is 171 Å². The van der Waals surface area contributed by atoms with Crippen molar-refractivity contribution in [3.05, 3.63) is 64.2 Å². The fourth-order valence-corrected chi connectivity index (χ4v) is 3.48. The van der Waals surface area contributed by atoms with Crippen LogP contribution in [-0.2, 0) is 11.3 Å².